The quantitative estimate of drug-likeness (QED) is 0.547. The highest BCUT2D eigenvalue weighted by Gasteiger charge is 2.07. The zero-order valence-corrected chi connectivity index (χ0v) is 12.9. The molecule has 0 fully saturated rings. The number of thiophene rings is 1. The van der Waals surface area contributed by atoms with Crippen LogP contribution in [0.15, 0.2) is 65.6 Å². The van der Waals surface area contributed by atoms with Crippen LogP contribution in [0.3, 0.4) is 0 Å². The van der Waals surface area contributed by atoms with Crippen LogP contribution >= 0.6 is 23.1 Å². The third-order valence-electron chi connectivity index (χ3n) is 3.05. The molecule has 1 heterocycles. The van der Waals surface area contributed by atoms with Crippen molar-refractivity contribution in [2.24, 2.45) is 0 Å². The Labute approximate surface area is 128 Å². The lowest BCUT2D eigenvalue weighted by atomic mass is 10.2. The highest BCUT2D eigenvalue weighted by Crippen LogP contribution is 2.36. The van der Waals surface area contributed by atoms with Crippen LogP contribution < -0.4 is 0 Å². The first-order chi connectivity index (χ1) is 9.83. The van der Waals surface area contributed by atoms with Crippen LogP contribution in [0.4, 0.5) is 0 Å². The predicted octanol–water partition coefficient (Wildman–Crippen LogP) is 5.82. The summed E-state index contributed by atoms with van der Waals surface area (Å²) >= 11 is 3.70. The minimum absolute atomic E-state index is 0.985. The van der Waals surface area contributed by atoms with Gasteiger partial charge in [-0.25, -0.2) is 0 Å². The van der Waals surface area contributed by atoms with E-state index in [4.69, 9.17) is 0 Å². The molecule has 1 radical (unpaired) electrons. The van der Waals surface area contributed by atoms with Gasteiger partial charge in [-0.2, -0.15) is 0 Å². The lowest BCUT2D eigenvalue weighted by molar-refractivity contribution is 1.38. The van der Waals surface area contributed by atoms with Gasteiger partial charge in [0.1, 0.15) is 0 Å². The first-order valence-corrected chi connectivity index (χ1v) is 8.37. The van der Waals surface area contributed by atoms with E-state index >= 15 is 0 Å². The summed E-state index contributed by atoms with van der Waals surface area (Å²) in [5.74, 6) is 0.985. The molecule has 0 nitrogen and oxygen atoms in total. The van der Waals surface area contributed by atoms with Crippen molar-refractivity contribution in [2.75, 3.05) is 0 Å². The van der Waals surface area contributed by atoms with E-state index in [9.17, 15) is 0 Å². The van der Waals surface area contributed by atoms with E-state index in [2.05, 4.69) is 67.6 Å². The second-order valence-corrected chi connectivity index (χ2v) is 6.87. The van der Waals surface area contributed by atoms with Crippen LogP contribution in [0.5, 0.6) is 0 Å². The standard InChI is InChI=1S/C18H15S2/c1-14-11-12-18(20-14)16-9-5-6-10-17(16)19-13-15-7-3-2-4-8-15/h2-9,11-12H,13H2,1H3. The molecule has 0 amide bonds. The Kier molecular flexibility index (Phi) is 4.24. The van der Waals surface area contributed by atoms with Crippen molar-refractivity contribution >= 4 is 23.1 Å². The third-order valence-corrected chi connectivity index (χ3v) is 5.19. The van der Waals surface area contributed by atoms with Crippen LogP contribution in [0.25, 0.3) is 10.4 Å². The molecule has 0 bridgehead atoms. The normalized spacial score (nSPS) is 10.7. The van der Waals surface area contributed by atoms with Gasteiger partial charge in [0.05, 0.1) is 0 Å². The third kappa shape index (κ3) is 3.14. The molecule has 0 saturated heterocycles. The van der Waals surface area contributed by atoms with Gasteiger partial charge < -0.3 is 0 Å². The van der Waals surface area contributed by atoms with Crippen LogP contribution in [0, 0.1) is 13.0 Å². The van der Waals surface area contributed by atoms with Crippen molar-refractivity contribution in [3.05, 3.63) is 77.2 Å². The average Bonchev–Trinajstić information content (AvgIpc) is 2.93. The summed E-state index contributed by atoms with van der Waals surface area (Å²) in [4.78, 5) is 3.91. The van der Waals surface area contributed by atoms with Gasteiger partial charge in [-0.1, -0.05) is 48.5 Å². The van der Waals surface area contributed by atoms with Gasteiger partial charge in [-0.15, -0.1) is 23.1 Å². The summed E-state index contributed by atoms with van der Waals surface area (Å²) in [6.07, 6.45) is 0. The van der Waals surface area contributed by atoms with Crippen molar-refractivity contribution in [1.29, 1.82) is 0 Å². The fourth-order valence-electron chi connectivity index (χ4n) is 2.04. The Bertz CT molecular complexity index is 683. The first-order valence-electron chi connectivity index (χ1n) is 6.57. The second kappa shape index (κ2) is 6.29. The SMILES string of the molecule is Cc1ccc(-c2ccc[c]c2SCc2ccccc2)s1. The molecular formula is C18H15S2. The van der Waals surface area contributed by atoms with Crippen molar-refractivity contribution in [1.82, 2.24) is 0 Å². The molecule has 0 aliphatic carbocycles. The highest BCUT2D eigenvalue weighted by atomic mass is 32.2. The summed E-state index contributed by atoms with van der Waals surface area (Å²) in [7, 11) is 0. The van der Waals surface area contributed by atoms with Crippen LogP contribution in [0.2, 0.25) is 0 Å². The minimum atomic E-state index is 0.985. The molecule has 0 aliphatic rings. The van der Waals surface area contributed by atoms with Gasteiger partial charge in [-0.3, -0.25) is 0 Å². The minimum Gasteiger partial charge on any atom is -0.141 e. The van der Waals surface area contributed by atoms with E-state index in [1.807, 2.05) is 29.2 Å². The molecule has 1 aromatic heterocycles. The van der Waals surface area contributed by atoms with Gasteiger partial charge >= 0.3 is 0 Å². The summed E-state index contributed by atoms with van der Waals surface area (Å²) < 4.78 is 0. The number of aryl methyl sites for hydroxylation is 1. The average molecular weight is 295 g/mol. The lowest BCUT2D eigenvalue weighted by Gasteiger charge is -2.07. The fourth-order valence-corrected chi connectivity index (χ4v) is 4.00. The second-order valence-electron chi connectivity index (χ2n) is 4.60. The van der Waals surface area contributed by atoms with Gasteiger partial charge in [-0.05, 0) is 30.7 Å². The number of rotatable bonds is 4. The Morgan fingerprint density at radius 1 is 1.00 bits per heavy atom. The molecule has 2 aromatic carbocycles. The van der Waals surface area contributed by atoms with Gasteiger partial charge in [0, 0.05) is 26.0 Å². The molecule has 0 atom stereocenters. The van der Waals surface area contributed by atoms with Crippen LogP contribution in [0.1, 0.15) is 10.4 Å². The van der Waals surface area contributed by atoms with Crippen molar-refractivity contribution in [2.45, 2.75) is 17.6 Å². The van der Waals surface area contributed by atoms with E-state index in [0.717, 1.165) is 5.75 Å². The number of benzene rings is 2. The summed E-state index contributed by atoms with van der Waals surface area (Å²) in [6, 6.07) is 24.6. The Morgan fingerprint density at radius 2 is 1.85 bits per heavy atom. The number of hydrogen-bond donors (Lipinski definition) is 0. The Hall–Kier alpha value is -1.51. The van der Waals surface area contributed by atoms with Gasteiger partial charge in [0.15, 0.2) is 0 Å². The first kappa shape index (κ1) is 13.5. The van der Waals surface area contributed by atoms with Gasteiger partial charge in [0.25, 0.3) is 0 Å². The Morgan fingerprint density at radius 3 is 2.60 bits per heavy atom. The van der Waals surface area contributed by atoms with E-state index < -0.39 is 0 Å². The molecule has 0 aliphatic heterocycles. The maximum Gasteiger partial charge on any atom is 0.0357 e. The molecule has 0 N–H and O–H groups in total. The summed E-state index contributed by atoms with van der Waals surface area (Å²) in [6.45, 7) is 2.15. The van der Waals surface area contributed by atoms with Crippen molar-refractivity contribution < 1.29 is 0 Å². The predicted molar refractivity (Wildman–Crippen MR) is 89.3 cm³/mol. The number of thioether (sulfide) groups is 1. The molecule has 3 rings (SSSR count). The molecule has 99 valence electrons. The molecule has 0 unspecified atom stereocenters. The van der Waals surface area contributed by atoms with Crippen molar-refractivity contribution in [3.63, 3.8) is 0 Å². The molecule has 20 heavy (non-hydrogen) atoms. The molecule has 2 heteroatoms. The largest absolute Gasteiger partial charge is 0.141 e. The molecule has 3 aromatic rings. The summed E-state index contributed by atoms with van der Waals surface area (Å²) in [5.41, 5.74) is 2.65. The van der Waals surface area contributed by atoms with Crippen LogP contribution in [-0.4, -0.2) is 0 Å². The summed E-state index contributed by atoms with van der Waals surface area (Å²) in [5, 5.41) is 0. The maximum absolute atomic E-state index is 3.38. The van der Waals surface area contributed by atoms with E-state index in [1.165, 1.54) is 25.8 Å². The zero-order valence-electron chi connectivity index (χ0n) is 11.3. The smallest absolute Gasteiger partial charge is 0.0357 e. The van der Waals surface area contributed by atoms with Gasteiger partial charge in [0.2, 0.25) is 0 Å². The number of hydrogen-bond acceptors (Lipinski definition) is 2. The lowest BCUT2D eigenvalue weighted by Crippen LogP contribution is -1.82. The molecule has 0 saturated carbocycles. The maximum atomic E-state index is 3.38. The monoisotopic (exact) mass is 295 g/mol. The van der Waals surface area contributed by atoms with E-state index in [-0.39, 0.29) is 0 Å². The van der Waals surface area contributed by atoms with E-state index in [1.54, 1.807) is 0 Å². The van der Waals surface area contributed by atoms with Crippen molar-refractivity contribution in [3.8, 4) is 10.4 Å². The molecular weight excluding hydrogens is 280 g/mol. The fraction of sp³-hybridized carbons (Fsp3) is 0.111. The topological polar surface area (TPSA) is 0 Å². The van der Waals surface area contributed by atoms with E-state index in [0.29, 0.717) is 0 Å². The Balaban J connectivity index is 1.83. The molecule has 0 spiro atoms. The zero-order chi connectivity index (χ0) is 13.8. The van der Waals surface area contributed by atoms with Crippen LogP contribution in [-0.2, 0) is 5.75 Å². The highest BCUT2D eigenvalue weighted by molar-refractivity contribution is 7.98.